The van der Waals surface area contributed by atoms with Crippen LogP contribution >= 0.6 is 70.1 Å². The molecule has 0 bridgehead atoms. The Kier molecular flexibility index (Phi) is 14.4. The van der Waals surface area contributed by atoms with E-state index in [1.807, 2.05) is 67.5 Å². The van der Waals surface area contributed by atoms with Gasteiger partial charge in [0.05, 0.1) is 32.8 Å². The van der Waals surface area contributed by atoms with Crippen molar-refractivity contribution in [1.82, 2.24) is 29.3 Å². The minimum atomic E-state index is 0.149. The molecule has 3 N–H and O–H groups in total. The van der Waals surface area contributed by atoms with E-state index in [1.165, 1.54) is 123 Å². The zero-order valence-corrected chi connectivity index (χ0v) is 48.8. The van der Waals surface area contributed by atoms with Gasteiger partial charge in [-0.05, 0) is 171 Å². The van der Waals surface area contributed by atoms with Crippen LogP contribution in [0.2, 0.25) is 15.1 Å². The average molecular weight is 1090 g/mol. The van der Waals surface area contributed by atoms with E-state index in [0.29, 0.717) is 33.5 Å². The summed E-state index contributed by atoms with van der Waals surface area (Å²) in [4.78, 5) is 0. The van der Waals surface area contributed by atoms with Gasteiger partial charge in [0.2, 0.25) is 0 Å². The third-order valence-electron chi connectivity index (χ3n) is 14.9. The number of thioether (sulfide) groups is 3. The fraction of sp³-hybridized carbons (Fsp3) is 0.526. The lowest BCUT2D eigenvalue weighted by Gasteiger charge is -2.27. The van der Waals surface area contributed by atoms with Gasteiger partial charge in [-0.15, -0.1) is 35.3 Å². The summed E-state index contributed by atoms with van der Waals surface area (Å²) in [5.74, 6) is 5.48. The number of hydrogen-bond donors (Lipinski definition) is 3. The zero-order chi connectivity index (χ0) is 51.2. The van der Waals surface area contributed by atoms with Crippen LogP contribution in [0.25, 0.3) is 0 Å². The van der Waals surface area contributed by atoms with Crippen LogP contribution in [0, 0.1) is 20.8 Å². The van der Waals surface area contributed by atoms with Crippen LogP contribution in [-0.4, -0.2) is 63.2 Å². The number of aryl methyl sites for hydroxylation is 6. The second-order valence-electron chi connectivity index (χ2n) is 23.0. The molecule has 3 aliphatic carbocycles. The lowest BCUT2D eigenvalue weighted by molar-refractivity contribution is 0.715. The van der Waals surface area contributed by atoms with Crippen molar-refractivity contribution in [2.45, 2.75) is 149 Å². The summed E-state index contributed by atoms with van der Waals surface area (Å²) in [5.41, 5.74) is 15.9. The molecule has 3 aromatic heterocycles. The van der Waals surface area contributed by atoms with E-state index in [0.717, 1.165) is 34.7 Å². The minimum absolute atomic E-state index is 0.149. The van der Waals surface area contributed by atoms with E-state index < -0.39 is 0 Å². The molecule has 0 saturated heterocycles. The lowest BCUT2D eigenvalue weighted by Crippen LogP contribution is -2.26. The van der Waals surface area contributed by atoms with Crippen LogP contribution < -0.4 is 16.0 Å². The Labute approximate surface area is 455 Å². The van der Waals surface area contributed by atoms with Crippen LogP contribution in [0.5, 0.6) is 0 Å². The van der Waals surface area contributed by atoms with E-state index in [2.05, 4.69) is 136 Å². The molecule has 6 heterocycles. The zero-order valence-electron chi connectivity index (χ0n) is 44.1. The molecule has 3 aliphatic heterocycles. The van der Waals surface area contributed by atoms with Crippen LogP contribution in [-0.2, 0) is 21.1 Å². The van der Waals surface area contributed by atoms with Crippen LogP contribution in [0.1, 0.15) is 181 Å². The molecule has 6 aromatic rings. The molecule has 12 rings (SSSR count). The van der Waals surface area contributed by atoms with E-state index in [4.69, 9.17) is 50.1 Å². The molecule has 0 amide bonds. The number of nitrogens with one attached hydrogen (secondary N) is 3. The maximum absolute atomic E-state index is 6.20. The van der Waals surface area contributed by atoms with E-state index in [1.54, 1.807) is 0 Å². The van der Waals surface area contributed by atoms with Crippen LogP contribution in [0.4, 0.5) is 17.5 Å². The Morgan fingerprint density at radius 2 is 0.694 bits per heavy atom. The van der Waals surface area contributed by atoms with Gasteiger partial charge in [-0.25, -0.2) is 0 Å². The molecule has 6 aliphatic rings. The van der Waals surface area contributed by atoms with Crippen molar-refractivity contribution in [1.29, 1.82) is 0 Å². The second-order valence-corrected chi connectivity index (χ2v) is 29.7. The Morgan fingerprint density at radius 1 is 0.444 bits per heavy atom. The Bertz CT molecular complexity index is 2690. The predicted molar refractivity (Wildman–Crippen MR) is 310 cm³/mol. The molecule has 3 fully saturated rings. The summed E-state index contributed by atoms with van der Waals surface area (Å²) in [6, 6.07) is 18.9. The van der Waals surface area contributed by atoms with E-state index >= 15 is 0 Å². The van der Waals surface area contributed by atoms with Gasteiger partial charge >= 0.3 is 0 Å². The summed E-state index contributed by atoms with van der Waals surface area (Å²) in [6.45, 7) is 23.2. The Hall–Kier alpha value is -3.39. The molecule has 9 nitrogen and oxygen atoms in total. The van der Waals surface area contributed by atoms with Gasteiger partial charge in [0, 0.05) is 105 Å². The maximum Gasteiger partial charge on any atom is 0.128 e. The molecule has 3 aromatic carbocycles. The van der Waals surface area contributed by atoms with Gasteiger partial charge in [0.15, 0.2) is 0 Å². The summed E-state index contributed by atoms with van der Waals surface area (Å²) in [6.07, 6.45) is 7.61. The molecule has 1 unspecified atom stereocenters. The first kappa shape index (κ1) is 52.1. The summed E-state index contributed by atoms with van der Waals surface area (Å²) >= 11 is 24.7. The molecular formula is C57H72Cl3N9S3. The van der Waals surface area contributed by atoms with Crippen LogP contribution in [0.15, 0.2) is 54.6 Å². The van der Waals surface area contributed by atoms with Crippen molar-refractivity contribution in [3.8, 4) is 0 Å². The Balaban J connectivity index is 0.000000124. The van der Waals surface area contributed by atoms with Gasteiger partial charge in [-0.3, -0.25) is 14.0 Å². The topological polar surface area (TPSA) is 89.6 Å². The van der Waals surface area contributed by atoms with E-state index in [-0.39, 0.29) is 14.2 Å². The van der Waals surface area contributed by atoms with Crippen molar-refractivity contribution in [2.75, 3.05) is 35.6 Å². The van der Waals surface area contributed by atoms with E-state index in [9.17, 15) is 0 Å². The largest absolute Gasteiger partial charge is 0.369 e. The predicted octanol–water partition coefficient (Wildman–Crippen LogP) is 15.9. The third kappa shape index (κ3) is 11.0. The monoisotopic (exact) mass is 1080 g/mol. The number of halogens is 3. The number of nitrogens with zero attached hydrogens (tertiary/aromatic N) is 6. The molecule has 384 valence electrons. The van der Waals surface area contributed by atoms with Crippen molar-refractivity contribution >= 4 is 87.5 Å². The molecule has 3 saturated carbocycles. The van der Waals surface area contributed by atoms with Crippen molar-refractivity contribution in [2.24, 2.45) is 21.1 Å². The minimum Gasteiger partial charge on any atom is -0.369 e. The third-order valence-corrected chi connectivity index (χ3v) is 20.1. The fourth-order valence-electron chi connectivity index (χ4n) is 10.7. The number of benzene rings is 3. The van der Waals surface area contributed by atoms with Gasteiger partial charge in [-0.2, -0.15) is 15.3 Å². The Morgan fingerprint density at radius 3 is 0.917 bits per heavy atom. The van der Waals surface area contributed by atoms with Crippen molar-refractivity contribution in [3.63, 3.8) is 0 Å². The summed E-state index contributed by atoms with van der Waals surface area (Å²) in [5, 5.41) is 29.0. The number of hydrogen-bond acceptors (Lipinski definition) is 9. The SMILES string of the molecule is Cc1cc(Cl)ccc1C1SC(C)(C)CNc2c1c(C1CC1)nn2C.Cc1cc(Cl)ccc1[C@@H]1SC(C)(C)CNc2c1c(C1CC1)nn2C.Cc1cc(Cl)ccc1[C@H]1SC(C)(C)CNc2c1c(C1CC1)nn2C. The van der Waals surface area contributed by atoms with Gasteiger partial charge in [0.25, 0.3) is 0 Å². The highest BCUT2D eigenvalue weighted by Crippen LogP contribution is 2.57. The first-order chi connectivity index (χ1) is 34.1. The first-order valence-electron chi connectivity index (χ1n) is 25.8. The molecule has 0 radical (unpaired) electrons. The number of rotatable bonds is 6. The van der Waals surface area contributed by atoms with Gasteiger partial charge in [-0.1, -0.05) is 53.0 Å². The van der Waals surface area contributed by atoms with Crippen molar-refractivity contribution < 1.29 is 0 Å². The van der Waals surface area contributed by atoms with Gasteiger partial charge < -0.3 is 16.0 Å². The second kappa shape index (κ2) is 20.0. The van der Waals surface area contributed by atoms with Crippen molar-refractivity contribution in [3.05, 3.63) is 137 Å². The molecule has 3 atom stereocenters. The molecule has 15 heteroatoms. The highest BCUT2D eigenvalue weighted by Gasteiger charge is 2.43. The molecular weight excluding hydrogens is 1010 g/mol. The normalized spacial score (nSPS) is 22.6. The molecule has 72 heavy (non-hydrogen) atoms. The average Bonchev–Trinajstić information content (AvgIpc) is 4.17. The quantitative estimate of drug-likeness (QED) is 0.151. The standard InChI is InChI=1S/3C19H24ClN3S/c3*1-11-9-13(20)7-8-14(11)17-15-16(12-5-6-12)22-23(4)18(15)21-10-19(2,3)24-17/h3*7-9,12,17,21H,5-6,10H2,1-4H3/t2*17-;/m10./s1. The van der Waals surface area contributed by atoms with Gasteiger partial charge in [0.1, 0.15) is 17.5 Å². The smallest absolute Gasteiger partial charge is 0.128 e. The lowest BCUT2D eigenvalue weighted by atomic mass is 9.98. The molecule has 0 spiro atoms. The highest BCUT2D eigenvalue weighted by atomic mass is 35.5. The maximum atomic E-state index is 6.20. The number of fused-ring (bicyclic) bond motifs is 3. The summed E-state index contributed by atoms with van der Waals surface area (Å²) < 4.78 is 6.58. The first-order valence-corrected chi connectivity index (χ1v) is 29.6. The fourth-order valence-corrected chi connectivity index (χ4v) is 16.0. The number of anilines is 3. The highest BCUT2D eigenvalue weighted by molar-refractivity contribution is 8.01. The summed E-state index contributed by atoms with van der Waals surface area (Å²) in [7, 11) is 6.19. The van der Waals surface area contributed by atoms with Crippen LogP contribution in [0.3, 0.4) is 0 Å². The number of aromatic nitrogens is 6.